The molecular weight excluding hydrogens is 676 g/mol. The van der Waals surface area contributed by atoms with Crippen LogP contribution in [0.4, 0.5) is 4.79 Å². The second-order valence-corrected chi connectivity index (χ2v) is 16.1. The van der Waals surface area contributed by atoms with Crippen molar-refractivity contribution in [3.8, 4) is 5.75 Å². The predicted molar refractivity (Wildman–Crippen MR) is 195 cm³/mol. The molecule has 0 heterocycles. The second kappa shape index (κ2) is 20.0. The van der Waals surface area contributed by atoms with Crippen LogP contribution in [0.25, 0.3) is 0 Å². The summed E-state index contributed by atoms with van der Waals surface area (Å²) in [4.78, 5) is 53.2. The van der Waals surface area contributed by atoms with Gasteiger partial charge in [0.15, 0.2) is 0 Å². The topological polar surface area (TPSA) is 204 Å². The standard InChI is InChI=1S/C36H56N6O8S/c1-23(2)21-30(33(45)42-37-22-26-14-16-27(43)17-15-26)40-32(44)29(39-34(46)31(24(3)4)41-35(47)50-36(6,7)8)11-9-10-20-38-51(48,49)28-18-12-25(5)13-19-28/h12-19,23-24,29-31,37-38,43H,9-11,20-22H2,1-8H3,(H,39,46)(H,40,44)(H,41,47)(H,42,45)/t29-,30-,31-/m0/s1. The average Bonchev–Trinajstić information content (AvgIpc) is 3.02. The highest BCUT2D eigenvalue weighted by Gasteiger charge is 2.32. The molecule has 2 rings (SSSR count). The third kappa shape index (κ3) is 16.1. The number of phenolic OH excluding ortho intramolecular Hbond substituents is 1. The number of aromatic hydroxyl groups is 1. The van der Waals surface area contributed by atoms with Gasteiger partial charge in [0.2, 0.25) is 21.8 Å². The molecule has 2 aromatic carbocycles. The smallest absolute Gasteiger partial charge is 0.408 e. The molecule has 14 nitrogen and oxygen atoms in total. The summed E-state index contributed by atoms with van der Waals surface area (Å²) in [6.07, 6.45) is 0.332. The SMILES string of the molecule is Cc1ccc(S(=O)(=O)NCCCC[C@H](NC(=O)[C@@H](NC(=O)OC(C)(C)C)C(C)C)C(=O)N[C@@H](CC(C)C)C(=O)NNCc2ccc(O)cc2)cc1. The van der Waals surface area contributed by atoms with E-state index in [0.29, 0.717) is 19.3 Å². The van der Waals surface area contributed by atoms with E-state index in [4.69, 9.17) is 4.74 Å². The molecule has 0 bridgehead atoms. The van der Waals surface area contributed by atoms with Crippen molar-refractivity contribution in [2.75, 3.05) is 6.54 Å². The van der Waals surface area contributed by atoms with Crippen LogP contribution in [-0.2, 0) is 35.7 Å². The van der Waals surface area contributed by atoms with E-state index in [1.165, 1.54) is 24.3 Å². The van der Waals surface area contributed by atoms with Crippen molar-refractivity contribution in [1.29, 1.82) is 0 Å². The third-order valence-electron chi connectivity index (χ3n) is 7.58. The van der Waals surface area contributed by atoms with E-state index in [2.05, 4.69) is 31.5 Å². The molecule has 15 heteroatoms. The molecular formula is C36H56N6O8S. The summed E-state index contributed by atoms with van der Waals surface area (Å²) in [5.41, 5.74) is 6.40. The van der Waals surface area contributed by atoms with Crippen LogP contribution in [-0.4, -0.2) is 67.6 Å². The predicted octanol–water partition coefficient (Wildman–Crippen LogP) is 3.54. The van der Waals surface area contributed by atoms with Crippen LogP contribution in [0, 0.1) is 18.8 Å². The van der Waals surface area contributed by atoms with E-state index in [1.54, 1.807) is 58.9 Å². The molecule has 2 aromatic rings. The van der Waals surface area contributed by atoms with Gasteiger partial charge >= 0.3 is 6.09 Å². The van der Waals surface area contributed by atoms with Crippen LogP contribution >= 0.6 is 0 Å². The number of alkyl carbamates (subject to hydrolysis) is 1. The minimum Gasteiger partial charge on any atom is -0.508 e. The minimum absolute atomic E-state index is 0.0242. The van der Waals surface area contributed by atoms with Crippen molar-refractivity contribution in [2.45, 2.75) is 116 Å². The molecule has 0 saturated heterocycles. The Kier molecular flexibility index (Phi) is 16.8. The quantitative estimate of drug-likeness (QED) is 0.0833. The maximum atomic E-state index is 13.8. The maximum Gasteiger partial charge on any atom is 0.408 e. The number of ether oxygens (including phenoxy) is 1. The highest BCUT2D eigenvalue weighted by atomic mass is 32.2. The number of unbranched alkanes of at least 4 members (excludes halogenated alkanes) is 1. The fourth-order valence-corrected chi connectivity index (χ4v) is 5.96. The number of aryl methyl sites for hydroxylation is 1. The zero-order chi connectivity index (χ0) is 38.4. The summed E-state index contributed by atoms with van der Waals surface area (Å²) < 4.78 is 33.3. The molecule has 0 aliphatic carbocycles. The number of hydrogen-bond acceptors (Lipinski definition) is 9. The Morgan fingerprint density at radius 3 is 1.98 bits per heavy atom. The van der Waals surface area contributed by atoms with Gasteiger partial charge in [-0.15, -0.1) is 0 Å². The van der Waals surface area contributed by atoms with Crippen LogP contribution in [0.3, 0.4) is 0 Å². The fraction of sp³-hybridized carbons (Fsp3) is 0.556. The van der Waals surface area contributed by atoms with Crippen LogP contribution in [0.15, 0.2) is 53.4 Å². The highest BCUT2D eigenvalue weighted by molar-refractivity contribution is 7.89. The molecule has 0 aliphatic rings. The normalized spacial score (nSPS) is 13.6. The molecule has 7 N–H and O–H groups in total. The maximum absolute atomic E-state index is 13.8. The van der Waals surface area contributed by atoms with Crippen molar-refractivity contribution < 1.29 is 37.4 Å². The van der Waals surface area contributed by atoms with Gasteiger partial charge in [-0.1, -0.05) is 57.5 Å². The third-order valence-corrected chi connectivity index (χ3v) is 9.05. The van der Waals surface area contributed by atoms with E-state index < -0.39 is 57.6 Å². The molecule has 4 amide bonds. The van der Waals surface area contributed by atoms with E-state index in [9.17, 15) is 32.7 Å². The van der Waals surface area contributed by atoms with Crippen LogP contribution in [0.2, 0.25) is 0 Å². The Morgan fingerprint density at radius 2 is 1.41 bits per heavy atom. The van der Waals surface area contributed by atoms with Crippen molar-refractivity contribution in [2.24, 2.45) is 11.8 Å². The van der Waals surface area contributed by atoms with Gasteiger partial charge in [0.05, 0.1) is 4.90 Å². The summed E-state index contributed by atoms with van der Waals surface area (Å²) in [6.45, 7) is 14.6. The van der Waals surface area contributed by atoms with Crippen molar-refractivity contribution in [3.05, 3.63) is 59.7 Å². The number of carbonyl (C=O) groups excluding carboxylic acids is 4. The number of sulfonamides is 1. The lowest BCUT2D eigenvalue weighted by atomic mass is 10.0. The number of hydrogen-bond donors (Lipinski definition) is 7. The zero-order valence-electron chi connectivity index (χ0n) is 31.0. The zero-order valence-corrected chi connectivity index (χ0v) is 31.8. The molecule has 0 saturated carbocycles. The molecule has 0 unspecified atom stereocenters. The van der Waals surface area contributed by atoms with Gasteiger partial charge in [0.1, 0.15) is 29.5 Å². The first kappa shape index (κ1) is 43.0. The van der Waals surface area contributed by atoms with Gasteiger partial charge in [-0.05, 0) is 95.0 Å². The molecule has 0 fully saturated rings. The van der Waals surface area contributed by atoms with E-state index >= 15 is 0 Å². The summed E-state index contributed by atoms with van der Waals surface area (Å²) in [6, 6.07) is 9.83. The Morgan fingerprint density at radius 1 is 0.804 bits per heavy atom. The molecule has 0 spiro atoms. The Hall–Kier alpha value is -4.21. The first-order chi connectivity index (χ1) is 23.8. The Bertz CT molecular complexity index is 1540. The van der Waals surface area contributed by atoms with Gasteiger partial charge < -0.3 is 25.8 Å². The van der Waals surface area contributed by atoms with E-state index in [0.717, 1.165) is 11.1 Å². The summed E-state index contributed by atoms with van der Waals surface area (Å²) in [5.74, 6) is -1.93. The number of phenols is 1. The first-order valence-electron chi connectivity index (χ1n) is 17.2. The molecule has 51 heavy (non-hydrogen) atoms. The molecule has 0 aromatic heterocycles. The number of carbonyl (C=O) groups is 4. The average molecular weight is 733 g/mol. The monoisotopic (exact) mass is 732 g/mol. The lowest BCUT2D eigenvalue weighted by Gasteiger charge is -2.28. The molecule has 284 valence electrons. The lowest BCUT2D eigenvalue weighted by molar-refractivity contribution is -0.133. The Balaban J connectivity index is 2.16. The van der Waals surface area contributed by atoms with Crippen LogP contribution < -0.4 is 31.5 Å². The van der Waals surface area contributed by atoms with Gasteiger partial charge in [0.25, 0.3) is 5.91 Å². The summed E-state index contributed by atoms with van der Waals surface area (Å²) in [7, 11) is -3.74. The van der Waals surface area contributed by atoms with Gasteiger partial charge in [-0.3, -0.25) is 19.8 Å². The van der Waals surface area contributed by atoms with Crippen molar-refractivity contribution in [3.63, 3.8) is 0 Å². The van der Waals surface area contributed by atoms with E-state index in [-0.39, 0.29) is 42.0 Å². The molecule has 0 aliphatic heterocycles. The number of rotatable bonds is 19. The lowest BCUT2D eigenvalue weighted by Crippen LogP contribution is -2.58. The molecule has 3 atom stereocenters. The molecule has 0 radical (unpaired) electrons. The largest absolute Gasteiger partial charge is 0.508 e. The van der Waals surface area contributed by atoms with E-state index in [1.807, 2.05) is 20.8 Å². The summed E-state index contributed by atoms with van der Waals surface area (Å²) in [5, 5.41) is 17.6. The minimum atomic E-state index is -3.74. The number of benzene rings is 2. The van der Waals surface area contributed by atoms with Crippen molar-refractivity contribution in [1.82, 2.24) is 31.5 Å². The number of nitrogens with one attached hydrogen (secondary N) is 6. The number of amides is 4. The first-order valence-corrected chi connectivity index (χ1v) is 18.7. The van der Waals surface area contributed by atoms with Crippen molar-refractivity contribution >= 4 is 33.8 Å². The van der Waals surface area contributed by atoms with Crippen LogP contribution in [0.1, 0.15) is 85.3 Å². The summed E-state index contributed by atoms with van der Waals surface area (Å²) >= 11 is 0. The van der Waals surface area contributed by atoms with Gasteiger partial charge in [-0.25, -0.2) is 23.4 Å². The second-order valence-electron chi connectivity index (χ2n) is 14.3. The fourth-order valence-electron chi connectivity index (χ4n) is 4.89. The van der Waals surface area contributed by atoms with Crippen LogP contribution in [0.5, 0.6) is 5.75 Å². The highest BCUT2D eigenvalue weighted by Crippen LogP contribution is 2.13. The van der Waals surface area contributed by atoms with Gasteiger partial charge in [-0.2, -0.15) is 0 Å². The van der Waals surface area contributed by atoms with Gasteiger partial charge in [0, 0.05) is 13.1 Å². The number of hydrazine groups is 1. The Labute approximate surface area is 302 Å².